The smallest absolute Gasteiger partial charge is 0.266 e. The number of carbonyl (C=O) groups excluding carboxylic acids is 2. The van der Waals surface area contributed by atoms with Crippen molar-refractivity contribution in [3.8, 4) is 11.5 Å². The lowest BCUT2D eigenvalue weighted by molar-refractivity contribution is -0.434. The molecular formula is C48H52ClN7O7S. The molecule has 2 amide bonds. The van der Waals surface area contributed by atoms with E-state index in [4.69, 9.17) is 21.1 Å². The Labute approximate surface area is 379 Å². The van der Waals surface area contributed by atoms with Gasteiger partial charge in [0.25, 0.3) is 11.6 Å². The Morgan fingerprint density at radius 2 is 1.86 bits per heavy atom. The number of benzene rings is 2. The molecule has 14 nitrogen and oxygen atoms in total. The predicted octanol–water partition coefficient (Wildman–Crippen LogP) is 7.89. The Morgan fingerprint density at radius 1 is 1.06 bits per heavy atom. The van der Waals surface area contributed by atoms with E-state index in [0.717, 1.165) is 74.5 Å². The molecule has 1 spiro atoms. The van der Waals surface area contributed by atoms with Crippen LogP contribution in [0, 0.1) is 33.3 Å². The molecule has 5 heterocycles. The second kappa shape index (κ2) is 17.9. The number of pyridine rings is 1. The van der Waals surface area contributed by atoms with E-state index in [1.54, 1.807) is 23.4 Å². The summed E-state index contributed by atoms with van der Waals surface area (Å²) in [6, 6.07) is 17.4. The number of hydrogen-bond acceptors (Lipinski definition) is 10. The first-order chi connectivity index (χ1) is 31.1. The molecule has 4 aromatic rings. The molecule has 0 radical (unpaired) electrons. The van der Waals surface area contributed by atoms with Crippen molar-refractivity contribution in [3.05, 3.63) is 122 Å². The van der Waals surface area contributed by atoms with Crippen molar-refractivity contribution in [2.45, 2.75) is 51.4 Å². The molecule has 64 heavy (non-hydrogen) atoms. The van der Waals surface area contributed by atoms with Crippen molar-refractivity contribution in [2.75, 3.05) is 63.9 Å². The van der Waals surface area contributed by atoms with Crippen LogP contribution in [0.25, 0.3) is 16.6 Å². The molecule has 3 atom stereocenters. The van der Waals surface area contributed by atoms with E-state index >= 15 is 0 Å². The highest BCUT2D eigenvalue weighted by atomic mass is 35.5. The van der Waals surface area contributed by atoms with Crippen molar-refractivity contribution in [3.63, 3.8) is 0 Å². The van der Waals surface area contributed by atoms with Crippen molar-refractivity contribution in [1.82, 2.24) is 24.5 Å². The van der Waals surface area contributed by atoms with Crippen LogP contribution in [0.2, 0.25) is 5.02 Å². The van der Waals surface area contributed by atoms with Gasteiger partial charge in [-0.3, -0.25) is 29.3 Å². The Bertz CT molecular complexity index is 2590. The number of anilines is 1. The van der Waals surface area contributed by atoms with Gasteiger partial charge in [-0.2, -0.15) is 0 Å². The minimum absolute atomic E-state index is 0.00783. The molecule has 2 N–H and O–H groups in total. The van der Waals surface area contributed by atoms with Crippen LogP contribution in [0.5, 0.6) is 11.5 Å². The number of rotatable bonds is 12. The molecule has 1 saturated carbocycles. The fourth-order valence-corrected chi connectivity index (χ4v) is 11.6. The molecule has 10 rings (SSSR count). The summed E-state index contributed by atoms with van der Waals surface area (Å²) in [5.41, 5.74) is 6.27. The fraction of sp³-hybridized carbons (Fsp3) is 0.438. The second-order valence-electron chi connectivity index (χ2n) is 18.3. The summed E-state index contributed by atoms with van der Waals surface area (Å²) in [5, 5.41) is 13.9. The lowest BCUT2D eigenvalue weighted by Gasteiger charge is -2.47. The Morgan fingerprint density at radius 3 is 2.61 bits per heavy atom. The molecule has 2 aromatic heterocycles. The summed E-state index contributed by atoms with van der Waals surface area (Å²) in [7, 11) is -2.22. The van der Waals surface area contributed by atoms with Crippen LogP contribution in [0.1, 0.15) is 67.3 Å². The molecule has 3 unspecified atom stereocenters. The van der Waals surface area contributed by atoms with Crippen LogP contribution < -0.4 is 14.4 Å². The highest BCUT2D eigenvalue weighted by Gasteiger charge is 2.48. The first-order valence-corrected chi connectivity index (χ1v) is 24.0. The van der Waals surface area contributed by atoms with E-state index < -0.39 is 33.7 Å². The van der Waals surface area contributed by atoms with Gasteiger partial charge in [0.2, 0.25) is 5.91 Å². The molecule has 4 fully saturated rings. The number of halogens is 1. The summed E-state index contributed by atoms with van der Waals surface area (Å²) in [6.45, 7) is 6.15. The fourth-order valence-electron chi connectivity index (χ4n) is 10.6. The second-order valence-corrected chi connectivity index (χ2v) is 19.9. The summed E-state index contributed by atoms with van der Waals surface area (Å²) >= 11 is 6.29. The van der Waals surface area contributed by atoms with Gasteiger partial charge in [-0.05, 0) is 104 Å². The molecule has 3 saturated heterocycles. The van der Waals surface area contributed by atoms with Crippen LogP contribution in [0.15, 0.2) is 95.3 Å². The predicted molar refractivity (Wildman–Crippen MR) is 246 cm³/mol. The highest BCUT2D eigenvalue weighted by molar-refractivity contribution is 7.87. The summed E-state index contributed by atoms with van der Waals surface area (Å²) in [5.74, 6) is -1.54. The number of fused-ring (bicyclic) bond motifs is 2. The SMILES string of the molecule is O=C(NS(=O)C1=CC2C(=O)N(CC3CCOCC3)CC2C([N+](=O)[O-])=C1)c1ccc(N2CCN(CC3=C(c4ccc(Cl)cc4)CC4(CCC4)CC3)CC2)cc1Oc1cnc2[nH]ccc2c1. The Kier molecular flexibility index (Phi) is 11.9. The summed E-state index contributed by atoms with van der Waals surface area (Å²) < 4.78 is 28.3. The van der Waals surface area contributed by atoms with Gasteiger partial charge in [0.1, 0.15) is 17.1 Å². The minimum atomic E-state index is -2.22. The average Bonchev–Trinajstić information content (AvgIpc) is 3.89. The number of nitro groups is 1. The highest BCUT2D eigenvalue weighted by Crippen LogP contribution is 2.55. The van der Waals surface area contributed by atoms with E-state index in [9.17, 15) is 23.9 Å². The van der Waals surface area contributed by atoms with Gasteiger partial charge < -0.3 is 24.3 Å². The first kappa shape index (κ1) is 42.6. The maximum Gasteiger partial charge on any atom is 0.266 e. The number of piperazine rings is 1. The maximum absolute atomic E-state index is 14.1. The summed E-state index contributed by atoms with van der Waals surface area (Å²) in [6.07, 6.45) is 15.2. The van der Waals surface area contributed by atoms with E-state index in [1.165, 1.54) is 54.5 Å². The lowest BCUT2D eigenvalue weighted by Crippen LogP contribution is -2.47. The van der Waals surface area contributed by atoms with E-state index in [0.29, 0.717) is 36.6 Å². The monoisotopic (exact) mass is 905 g/mol. The number of hydrogen-bond donors (Lipinski definition) is 2. The number of nitrogens with one attached hydrogen (secondary N) is 2. The molecular weight excluding hydrogens is 854 g/mol. The number of likely N-dealkylation sites (tertiary alicyclic amines) is 1. The van der Waals surface area contributed by atoms with Crippen LogP contribution in [-0.2, 0) is 20.5 Å². The number of amides is 2. The normalized spacial score (nSPS) is 23.1. The van der Waals surface area contributed by atoms with Crippen LogP contribution >= 0.6 is 11.6 Å². The molecule has 6 aliphatic rings. The minimum Gasteiger partial charge on any atom is -0.455 e. The molecule has 3 aliphatic carbocycles. The zero-order chi connectivity index (χ0) is 44.0. The standard InChI is InChI=1S/C48H52ClN7O7S/c49-35-4-2-32(3-5-35)41-26-48(12-1-13-48)14-8-34(41)29-53-16-18-54(19-17-53)36-6-7-39(44(23-36)63-37-22-33-9-15-50-45(33)51-27-37)46(57)52-64(61)38-24-40-42(43(25-38)56(59)60)30-55(47(40)58)28-31-10-20-62-21-11-31/h2-7,9,15,22-25,27,31,40,42H,1,8,10-14,16-21,26,28-30H2,(H,50,51)(H,52,57). The number of carbonyl (C=O) groups is 2. The van der Waals surface area contributed by atoms with Crippen molar-refractivity contribution < 1.29 is 28.2 Å². The van der Waals surface area contributed by atoms with Crippen LogP contribution in [-0.4, -0.2) is 99.7 Å². The number of H-pyrrole nitrogens is 1. The van der Waals surface area contributed by atoms with Gasteiger partial charge in [-0.15, -0.1) is 0 Å². The topological polar surface area (TPSA) is 163 Å². The van der Waals surface area contributed by atoms with Crippen LogP contribution in [0.4, 0.5) is 5.69 Å². The zero-order valence-corrected chi connectivity index (χ0v) is 37.2. The van der Waals surface area contributed by atoms with Crippen molar-refractivity contribution in [1.29, 1.82) is 0 Å². The van der Waals surface area contributed by atoms with Gasteiger partial charge in [-0.1, -0.05) is 41.8 Å². The van der Waals surface area contributed by atoms with E-state index in [-0.39, 0.29) is 40.3 Å². The van der Waals surface area contributed by atoms with E-state index in [2.05, 4.69) is 36.6 Å². The third-order valence-electron chi connectivity index (χ3n) is 14.4. The number of allylic oxidation sites excluding steroid dienone is 2. The first-order valence-electron chi connectivity index (χ1n) is 22.4. The van der Waals surface area contributed by atoms with Gasteiger partial charge in [0, 0.05) is 93.5 Å². The largest absolute Gasteiger partial charge is 0.455 e. The molecule has 16 heteroatoms. The maximum atomic E-state index is 14.1. The molecule has 334 valence electrons. The number of aromatic nitrogens is 2. The number of ether oxygens (including phenoxy) is 2. The Hall–Kier alpha value is -5.35. The van der Waals surface area contributed by atoms with Gasteiger partial charge in [-0.25, -0.2) is 9.19 Å². The van der Waals surface area contributed by atoms with Crippen molar-refractivity contribution >= 4 is 56.7 Å². The quantitative estimate of drug-likeness (QED) is 0.106. The summed E-state index contributed by atoms with van der Waals surface area (Å²) in [4.78, 5) is 53.6. The van der Waals surface area contributed by atoms with Gasteiger partial charge in [0.15, 0.2) is 11.0 Å². The molecule has 2 aromatic carbocycles. The molecule has 0 bridgehead atoms. The van der Waals surface area contributed by atoms with Gasteiger partial charge >= 0.3 is 0 Å². The Balaban J connectivity index is 0.860. The zero-order valence-electron chi connectivity index (χ0n) is 35.6. The number of nitrogens with zero attached hydrogens (tertiary/aromatic N) is 5. The van der Waals surface area contributed by atoms with Gasteiger partial charge in [0.05, 0.1) is 33.4 Å². The molecule has 3 aliphatic heterocycles. The van der Waals surface area contributed by atoms with Crippen LogP contribution in [0.3, 0.4) is 0 Å². The van der Waals surface area contributed by atoms with E-state index in [1.807, 2.05) is 36.4 Å². The third-order valence-corrected chi connectivity index (χ3v) is 15.7. The number of aromatic amines is 1. The lowest BCUT2D eigenvalue weighted by atomic mass is 9.59. The van der Waals surface area contributed by atoms with Crippen molar-refractivity contribution in [2.24, 2.45) is 23.2 Å². The third kappa shape index (κ3) is 8.74. The average molecular weight is 907 g/mol.